The highest BCUT2D eigenvalue weighted by Gasteiger charge is 2.22. The summed E-state index contributed by atoms with van der Waals surface area (Å²) in [6, 6.07) is 30.3. The van der Waals surface area contributed by atoms with Gasteiger partial charge in [0.1, 0.15) is 11.5 Å². The number of ether oxygens (including phenoxy) is 2. The second kappa shape index (κ2) is 14.1. The van der Waals surface area contributed by atoms with Crippen molar-refractivity contribution in [1.82, 2.24) is 9.80 Å². The van der Waals surface area contributed by atoms with Crippen LogP contribution in [0.2, 0.25) is 0 Å². The fraction of sp³-hybridized carbons (Fsp3) is 0.188. The van der Waals surface area contributed by atoms with E-state index in [0.29, 0.717) is 57.8 Å². The lowest BCUT2D eigenvalue weighted by Gasteiger charge is -2.29. The normalized spacial score (nSPS) is 10.6. The van der Waals surface area contributed by atoms with Crippen LogP contribution in [0.15, 0.2) is 106 Å². The highest BCUT2D eigenvalue weighted by molar-refractivity contribution is 9.10. The van der Waals surface area contributed by atoms with Gasteiger partial charge in [0.2, 0.25) is 0 Å². The van der Waals surface area contributed by atoms with Crippen molar-refractivity contribution in [2.45, 2.75) is 13.1 Å². The molecule has 4 aromatic rings. The van der Waals surface area contributed by atoms with E-state index in [1.165, 1.54) is 0 Å². The SMILES string of the molecule is COc1ccc(C(=O)N(CCN(Cc2ccccc2)C(=O)c2ccc(OC)c(Br)c2)Cc2ccccc2)cc1Br. The van der Waals surface area contributed by atoms with E-state index < -0.39 is 0 Å². The molecule has 4 aromatic carbocycles. The number of carbonyl (C=O) groups is 2. The molecule has 0 bridgehead atoms. The molecular formula is C32H30Br2N2O4. The standard InChI is InChI=1S/C32H30Br2N2O4/c1-39-29-15-13-25(19-27(29)33)31(37)35(21-23-9-5-3-6-10-23)17-18-36(22-24-11-7-4-8-12-24)32(38)26-14-16-30(40-2)28(34)20-26/h3-16,19-20H,17-18,21-22H2,1-2H3. The van der Waals surface area contributed by atoms with E-state index in [9.17, 15) is 9.59 Å². The largest absolute Gasteiger partial charge is 0.496 e. The molecule has 0 atom stereocenters. The van der Waals surface area contributed by atoms with Crippen molar-refractivity contribution in [3.8, 4) is 11.5 Å². The topological polar surface area (TPSA) is 59.1 Å². The van der Waals surface area contributed by atoms with E-state index in [4.69, 9.17) is 9.47 Å². The summed E-state index contributed by atoms with van der Waals surface area (Å²) in [6.45, 7) is 1.50. The molecule has 6 nitrogen and oxygen atoms in total. The highest BCUT2D eigenvalue weighted by atomic mass is 79.9. The van der Waals surface area contributed by atoms with Crippen molar-refractivity contribution in [3.05, 3.63) is 128 Å². The van der Waals surface area contributed by atoms with Gasteiger partial charge in [-0.25, -0.2) is 0 Å². The lowest BCUT2D eigenvalue weighted by molar-refractivity contribution is 0.0644. The zero-order valence-corrected chi connectivity index (χ0v) is 25.5. The van der Waals surface area contributed by atoms with Crippen molar-refractivity contribution < 1.29 is 19.1 Å². The predicted molar refractivity (Wildman–Crippen MR) is 164 cm³/mol. The molecule has 0 aromatic heterocycles. The van der Waals surface area contributed by atoms with Crippen LogP contribution in [0.5, 0.6) is 11.5 Å². The van der Waals surface area contributed by atoms with Crippen LogP contribution in [-0.2, 0) is 13.1 Å². The number of hydrogen-bond donors (Lipinski definition) is 0. The summed E-state index contributed by atoms with van der Waals surface area (Å²) < 4.78 is 12.1. The molecule has 40 heavy (non-hydrogen) atoms. The van der Waals surface area contributed by atoms with Gasteiger partial charge in [-0.3, -0.25) is 9.59 Å². The minimum Gasteiger partial charge on any atom is -0.496 e. The van der Waals surface area contributed by atoms with E-state index in [0.717, 1.165) is 11.1 Å². The first-order chi connectivity index (χ1) is 19.4. The number of amides is 2. The number of benzene rings is 4. The molecule has 0 aliphatic carbocycles. The molecule has 206 valence electrons. The molecule has 0 heterocycles. The van der Waals surface area contributed by atoms with E-state index in [-0.39, 0.29) is 11.8 Å². The Kier molecular flexibility index (Phi) is 10.4. The quantitative estimate of drug-likeness (QED) is 0.170. The van der Waals surface area contributed by atoms with Crippen LogP contribution < -0.4 is 9.47 Å². The molecular weight excluding hydrogens is 636 g/mol. The number of nitrogens with zero attached hydrogens (tertiary/aromatic N) is 2. The molecule has 0 unspecified atom stereocenters. The van der Waals surface area contributed by atoms with Crippen LogP contribution >= 0.6 is 31.9 Å². The molecule has 2 amide bonds. The molecule has 0 saturated heterocycles. The van der Waals surface area contributed by atoms with Crippen molar-refractivity contribution >= 4 is 43.7 Å². The van der Waals surface area contributed by atoms with Gasteiger partial charge in [0.25, 0.3) is 11.8 Å². The number of rotatable bonds is 11. The Morgan fingerprint density at radius 2 is 0.975 bits per heavy atom. The minimum atomic E-state index is -0.133. The molecule has 0 saturated carbocycles. The first-order valence-corrected chi connectivity index (χ1v) is 14.3. The minimum absolute atomic E-state index is 0.133. The molecule has 0 aliphatic heterocycles. The summed E-state index contributed by atoms with van der Waals surface area (Å²) in [7, 11) is 3.17. The summed E-state index contributed by atoms with van der Waals surface area (Å²) in [5.74, 6) is 1.03. The Bertz CT molecular complexity index is 1340. The first-order valence-electron chi connectivity index (χ1n) is 12.7. The van der Waals surface area contributed by atoms with Gasteiger partial charge >= 0.3 is 0 Å². The summed E-state index contributed by atoms with van der Waals surface area (Å²) in [6.07, 6.45) is 0. The van der Waals surface area contributed by atoms with Gasteiger partial charge in [-0.1, -0.05) is 60.7 Å². The summed E-state index contributed by atoms with van der Waals surface area (Å²) in [5, 5.41) is 0. The van der Waals surface area contributed by atoms with Crippen LogP contribution in [-0.4, -0.2) is 48.9 Å². The fourth-order valence-corrected chi connectivity index (χ4v) is 5.40. The second-order valence-electron chi connectivity index (χ2n) is 9.12. The predicted octanol–water partition coefficient (Wildman–Crippen LogP) is 7.21. The van der Waals surface area contributed by atoms with E-state index in [1.54, 1.807) is 60.4 Å². The van der Waals surface area contributed by atoms with E-state index in [2.05, 4.69) is 31.9 Å². The molecule has 4 rings (SSSR count). The Morgan fingerprint density at radius 3 is 1.30 bits per heavy atom. The van der Waals surface area contributed by atoms with Gasteiger partial charge in [0.05, 0.1) is 23.2 Å². The molecule has 0 radical (unpaired) electrons. The van der Waals surface area contributed by atoms with Gasteiger partial charge in [-0.15, -0.1) is 0 Å². The maximum Gasteiger partial charge on any atom is 0.254 e. The summed E-state index contributed by atoms with van der Waals surface area (Å²) >= 11 is 6.98. The summed E-state index contributed by atoms with van der Waals surface area (Å²) in [5.41, 5.74) is 3.07. The van der Waals surface area contributed by atoms with Crippen molar-refractivity contribution in [1.29, 1.82) is 0 Å². The molecule has 0 spiro atoms. The van der Waals surface area contributed by atoms with Crippen molar-refractivity contribution in [2.24, 2.45) is 0 Å². The fourth-order valence-electron chi connectivity index (χ4n) is 4.32. The molecule has 0 aliphatic rings. The third-order valence-corrected chi connectivity index (χ3v) is 7.68. The maximum atomic E-state index is 13.8. The number of methoxy groups -OCH3 is 2. The Morgan fingerprint density at radius 1 is 0.600 bits per heavy atom. The third kappa shape index (κ3) is 7.52. The van der Waals surface area contributed by atoms with E-state index >= 15 is 0 Å². The van der Waals surface area contributed by atoms with Gasteiger partial charge in [0.15, 0.2) is 0 Å². The van der Waals surface area contributed by atoms with Gasteiger partial charge in [-0.2, -0.15) is 0 Å². The van der Waals surface area contributed by atoms with Crippen LogP contribution in [0, 0.1) is 0 Å². The van der Waals surface area contributed by atoms with Crippen LogP contribution in [0.1, 0.15) is 31.8 Å². The van der Waals surface area contributed by atoms with Crippen molar-refractivity contribution in [2.75, 3.05) is 27.3 Å². The first kappa shape index (κ1) is 29.4. The second-order valence-corrected chi connectivity index (χ2v) is 10.8. The number of halogens is 2. The van der Waals surface area contributed by atoms with Crippen molar-refractivity contribution in [3.63, 3.8) is 0 Å². The molecule has 8 heteroatoms. The van der Waals surface area contributed by atoms with Gasteiger partial charge in [-0.05, 0) is 79.4 Å². The Balaban J connectivity index is 1.62. The zero-order valence-electron chi connectivity index (χ0n) is 22.3. The average molecular weight is 666 g/mol. The zero-order chi connectivity index (χ0) is 28.5. The molecule has 0 N–H and O–H groups in total. The average Bonchev–Trinajstić information content (AvgIpc) is 2.98. The van der Waals surface area contributed by atoms with E-state index in [1.807, 2.05) is 60.7 Å². The lowest BCUT2D eigenvalue weighted by Crippen LogP contribution is -2.40. The number of carbonyl (C=O) groups excluding carboxylic acids is 2. The van der Waals surface area contributed by atoms with Crippen LogP contribution in [0.4, 0.5) is 0 Å². The molecule has 0 fully saturated rings. The van der Waals surface area contributed by atoms with Gasteiger partial charge < -0.3 is 19.3 Å². The number of hydrogen-bond acceptors (Lipinski definition) is 4. The highest BCUT2D eigenvalue weighted by Crippen LogP contribution is 2.28. The lowest BCUT2D eigenvalue weighted by atomic mass is 10.1. The summed E-state index contributed by atoms with van der Waals surface area (Å²) in [4.78, 5) is 31.1. The smallest absolute Gasteiger partial charge is 0.254 e. The van der Waals surface area contributed by atoms with Crippen LogP contribution in [0.3, 0.4) is 0 Å². The maximum absolute atomic E-state index is 13.8. The van der Waals surface area contributed by atoms with Gasteiger partial charge in [0, 0.05) is 37.3 Å². The van der Waals surface area contributed by atoms with Crippen LogP contribution in [0.25, 0.3) is 0 Å². The Labute approximate surface area is 251 Å². The monoisotopic (exact) mass is 664 g/mol. The Hall–Kier alpha value is -3.62. The third-order valence-electron chi connectivity index (χ3n) is 6.44.